The van der Waals surface area contributed by atoms with Crippen molar-refractivity contribution in [2.45, 2.75) is 6.04 Å². The molecule has 1 unspecified atom stereocenters. The summed E-state index contributed by atoms with van der Waals surface area (Å²) < 4.78 is 0. The summed E-state index contributed by atoms with van der Waals surface area (Å²) in [5.41, 5.74) is 1.60. The zero-order chi connectivity index (χ0) is 13.9. The van der Waals surface area contributed by atoms with Gasteiger partial charge in [-0.15, -0.1) is 12.4 Å². The highest BCUT2D eigenvalue weighted by atomic mass is 35.5. The number of hydrogen-bond acceptors (Lipinski definition) is 2. The standard InChI is InChI=1S/C15H16ClN3O.ClH/c16-12-5-2-1-4-11(12)14-10-17-8-9-19(14)15(20)13-6-3-7-18-13;/h1-7,14,17-18H,8-10H2;1H. The van der Waals surface area contributed by atoms with E-state index in [2.05, 4.69) is 10.3 Å². The number of aromatic nitrogens is 1. The smallest absolute Gasteiger partial charge is 0.270 e. The van der Waals surface area contributed by atoms with Crippen molar-refractivity contribution in [2.75, 3.05) is 19.6 Å². The van der Waals surface area contributed by atoms with E-state index in [1.54, 1.807) is 12.3 Å². The Morgan fingerprint density at radius 1 is 1.24 bits per heavy atom. The predicted molar refractivity (Wildman–Crippen MR) is 86.1 cm³/mol. The van der Waals surface area contributed by atoms with Gasteiger partial charge in [-0.05, 0) is 23.8 Å². The van der Waals surface area contributed by atoms with Gasteiger partial charge in [0.1, 0.15) is 5.69 Å². The van der Waals surface area contributed by atoms with Gasteiger partial charge in [0, 0.05) is 30.9 Å². The molecule has 1 aliphatic rings. The number of carbonyl (C=O) groups is 1. The second-order valence-corrected chi connectivity index (χ2v) is 5.23. The molecule has 0 bridgehead atoms. The van der Waals surface area contributed by atoms with E-state index in [0.717, 1.165) is 18.7 Å². The molecule has 1 saturated heterocycles. The number of H-pyrrole nitrogens is 1. The molecule has 1 amide bonds. The number of hydrogen-bond donors (Lipinski definition) is 2. The van der Waals surface area contributed by atoms with E-state index in [4.69, 9.17) is 11.6 Å². The lowest BCUT2D eigenvalue weighted by Crippen LogP contribution is -2.48. The summed E-state index contributed by atoms with van der Waals surface area (Å²) in [7, 11) is 0. The minimum atomic E-state index is -0.0340. The fourth-order valence-corrected chi connectivity index (χ4v) is 2.85. The lowest BCUT2D eigenvalue weighted by molar-refractivity contribution is 0.0629. The van der Waals surface area contributed by atoms with Crippen LogP contribution in [0.15, 0.2) is 42.6 Å². The van der Waals surface area contributed by atoms with E-state index in [-0.39, 0.29) is 24.4 Å². The van der Waals surface area contributed by atoms with E-state index in [1.807, 2.05) is 35.2 Å². The zero-order valence-electron chi connectivity index (χ0n) is 11.4. The molecule has 112 valence electrons. The fourth-order valence-electron chi connectivity index (χ4n) is 2.59. The van der Waals surface area contributed by atoms with E-state index in [1.165, 1.54) is 0 Å². The lowest BCUT2D eigenvalue weighted by atomic mass is 10.0. The number of amides is 1. The maximum Gasteiger partial charge on any atom is 0.270 e. The average molecular weight is 326 g/mol. The van der Waals surface area contributed by atoms with Crippen LogP contribution in [0.1, 0.15) is 22.1 Å². The number of rotatable bonds is 2. The number of halogens is 2. The molecule has 1 fully saturated rings. The molecule has 2 aromatic rings. The summed E-state index contributed by atoms with van der Waals surface area (Å²) in [6.45, 7) is 2.19. The largest absolute Gasteiger partial charge is 0.357 e. The quantitative estimate of drug-likeness (QED) is 0.891. The highest BCUT2D eigenvalue weighted by molar-refractivity contribution is 6.31. The maximum atomic E-state index is 12.6. The average Bonchev–Trinajstić information content (AvgIpc) is 3.01. The molecule has 6 heteroatoms. The van der Waals surface area contributed by atoms with Crippen LogP contribution >= 0.6 is 24.0 Å². The molecular formula is C15H17Cl2N3O. The number of carbonyl (C=O) groups excluding carboxylic acids is 1. The molecule has 1 aliphatic heterocycles. The highest BCUT2D eigenvalue weighted by Crippen LogP contribution is 2.29. The molecule has 1 atom stereocenters. The van der Waals surface area contributed by atoms with Crippen LogP contribution in [0, 0.1) is 0 Å². The molecule has 0 saturated carbocycles. The van der Waals surface area contributed by atoms with Gasteiger partial charge < -0.3 is 15.2 Å². The van der Waals surface area contributed by atoms with Crippen molar-refractivity contribution in [3.63, 3.8) is 0 Å². The van der Waals surface area contributed by atoms with Crippen molar-refractivity contribution in [2.24, 2.45) is 0 Å². The van der Waals surface area contributed by atoms with Gasteiger partial charge in [-0.25, -0.2) is 0 Å². The topological polar surface area (TPSA) is 48.1 Å². The monoisotopic (exact) mass is 325 g/mol. The van der Waals surface area contributed by atoms with Gasteiger partial charge >= 0.3 is 0 Å². The third-order valence-electron chi connectivity index (χ3n) is 3.60. The van der Waals surface area contributed by atoms with Gasteiger partial charge in [0.2, 0.25) is 0 Å². The SMILES string of the molecule is Cl.O=C(c1ccc[nH]1)N1CCNCC1c1ccccc1Cl. The van der Waals surface area contributed by atoms with Crippen LogP contribution in [0.3, 0.4) is 0 Å². The minimum absolute atomic E-state index is 0. The lowest BCUT2D eigenvalue weighted by Gasteiger charge is -2.36. The number of benzene rings is 1. The predicted octanol–water partition coefficient (Wildman–Crippen LogP) is 2.88. The number of aromatic amines is 1. The second-order valence-electron chi connectivity index (χ2n) is 4.82. The Balaban J connectivity index is 0.00000161. The molecule has 0 radical (unpaired) electrons. The summed E-state index contributed by atoms with van der Waals surface area (Å²) in [4.78, 5) is 17.4. The van der Waals surface area contributed by atoms with Crippen LogP contribution < -0.4 is 5.32 Å². The molecule has 2 heterocycles. The molecule has 1 aromatic heterocycles. The zero-order valence-corrected chi connectivity index (χ0v) is 13.0. The summed E-state index contributed by atoms with van der Waals surface area (Å²) in [6, 6.07) is 11.3. The third-order valence-corrected chi connectivity index (χ3v) is 3.94. The van der Waals surface area contributed by atoms with Crippen molar-refractivity contribution >= 4 is 29.9 Å². The summed E-state index contributed by atoms with van der Waals surface area (Å²) in [6.07, 6.45) is 1.76. The normalized spacial score (nSPS) is 18.1. The Kier molecular flexibility index (Phi) is 5.28. The Hall–Kier alpha value is -1.49. The van der Waals surface area contributed by atoms with Crippen molar-refractivity contribution in [1.29, 1.82) is 0 Å². The van der Waals surface area contributed by atoms with E-state index < -0.39 is 0 Å². The van der Waals surface area contributed by atoms with Gasteiger partial charge in [0.15, 0.2) is 0 Å². The molecule has 1 aromatic carbocycles. The van der Waals surface area contributed by atoms with E-state index >= 15 is 0 Å². The van der Waals surface area contributed by atoms with E-state index in [0.29, 0.717) is 17.3 Å². The molecule has 0 spiro atoms. The Bertz CT molecular complexity index is 601. The van der Waals surface area contributed by atoms with Crippen LogP contribution in [0.4, 0.5) is 0 Å². The molecule has 2 N–H and O–H groups in total. The minimum Gasteiger partial charge on any atom is -0.357 e. The van der Waals surface area contributed by atoms with Crippen LogP contribution in [0.25, 0.3) is 0 Å². The molecule has 21 heavy (non-hydrogen) atoms. The van der Waals surface area contributed by atoms with Crippen LogP contribution in [0.2, 0.25) is 5.02 Å². The van der Waals surface area contributed by atoms with Gasteiger partial charge in [0.25, 0.3) is 5.91 Å². The first-order chi connectivity index (χ1) is 9.77. The first kappa shape index (κ1) is 15.9. The fraction of sp³-hybridized carbons (Fsp3) is 0.267. The van der Waals surface area contributed by atoms with Crippen molar-refractivity contribution in [1.82, 2.24) is 15.2 Å². The second kappa shape index (κ2) is 6.98. The number of piperazine rings is 1. The summed E-state index contributed by atoms with van der Waals surface area (Å²) >= 11 is 6.28. The number of nitrogens with one attached hydrogen (secondary N) is 2. The van der Waals surface area contributed by atoms with Crippen LogP contribution in [-0.2, 0) is 0 Å². The molecule has 3 rings (SSSR count). The van der Waals surface area contributed by atoms with Crippen molar-refractivity contribution < 1.29 is 4.79 Å². The molecular weight excluding hydrogens is 309 g/mol. The third kappa shape index (κ3) is 3.23. The van der Waals surface area contributed by atoms with Gasteiger partial charge in [-0.2, -0.15) is 0 Å². The summed E-state index contributed by atoms with van der Waals surface area (Å²) in [5.74, 6) is 0.0152. The van der Waals surface area contributed by atoms with E-state index in [9.17, 15) is 4.79 Å². The Morgan fingerprint density at radius 3 is 2.76 bits per heavy atom. The van der Waals surface area contributed by atoms with Crippen LogP contribution in [-0.4, -0.2) is 35.4 Å². The van der Waals surface area contributed by atoms with Gasteiger partial charge in [0.05, 0.1) is 6.04 Å². The first-order valence-corrected chi connectivity index (χ1v) is 7.04. The molecule has 4 nitrogen and oxygen atoms in total. The molecule has 0 aliphatic carbocycles. The van der Waals surface area contributed by atoms with Crippen molar-refractivity contribution in [3.8, 4) is 0 Å². The van der Waals surface area contributed by atoms with Gasteiger partial charge in [-0.1, -0.05) is 29.8 Å². The summed E-state index contributed by atoms with van der Waals surface area (Å²) in [5, 5.41) is 4.03. The maximum absolute atomic E-state index is 12.6. The Morgan fingerprint density at radius 2 is 2.05 bits per heavy atom. The van der Waals surface area contributed by atoms with Crippen LogP contribution in [0.5, 0.6) is 0 Å². The van der Waals surface area contributed by atoms with Crippen molar-refractivity contribution in [3.05, 3.63) is 58.9 Å². The van der Waals surface area contributed by atoms with Gasteiger partial charge in [-0.3, -0.25) is 4.79 Å². The first-order valence-electron chi connectivity index (χ1n) is 6.67. The highest BCUT2D eigenvalue weighted by Gasteiger charge is 2.30. The Labute approximate surface area is 134 Å². The number of nitrogens with zero attached hydrogens (tertiary/aromatic N) is 1.